The van der Waals surface area contributed by atoms with Gasteiger partial charge in [-0.05, 0) is 55.5 Å². The van der Waals surface area contributed by atoms with E-state index in [0.717, 1.165) is 0 Å². The Bertz CT molecular complexity index is 920. The Morgan fingerprint density at radius 3 is 2.52 bits per heavy atom. The van der Waals surface area contributed by atoms with Gasteiger partial charge in [-0.2, -0.15) is 0 Å². The molecule has 4 amide bonds. The van der Waals surface area contributed by atoms with Crippen molar-refractivity contribution in [3.63, 3.8) is 0 Å². The molecular formula is C21H22FN3O4. The zero-order chi connectivity index (χ0) is 20.6. The molecule has 8 heteroatoms. The van der Waals surface area contributed by atoms with Gasteiger partial charge >= 0.3 is 6.03 Å². The minimum absolute atomic E-state index is 0.0854. The van der Waals surface area contributed by atoms with Crippen LogP contribution in [0.15, 0.2) is 47.1 Å². The minimum Gasteiger partial charge on any atom is -0.459 e. The standard InChI is InChI=1S/C21H22FN3O4/c1-21(15-8-10-24(11-9-15)18(26)17-3-2-12-29-17)19(27)25(20(28)23-21)13-14-4-6-16(22)7-5-14/h2-7,12,15H,8-11,13H2,1H3,(H,23,28)/t21-/m1/s1. The number of nitrogens with zero attached hydrogens (tertiary/aromatic N) is 2. The van der Waals surface area contributed by atoms with Crippen molar-refractivity contribution in [1.29, 1.82) is 0 Å². The van der Waals surface area contributed by atoms with Crippen molar-refractivity contribution in [2.24, 2.45) is 5.92 Å². The fourth-order valence-electron chi connectivity index (χ4n) is 4.12. The molecule has 2 saturated heterocycles. The zero-order valence-electron chi connectivity index (χ0n) is 16.1. The number of hydrogen-bond acceptors (Lipinski definition) is 4. The lowest BCUT2D eigenvalue weighted by Gasteiger charge is -2.38. The van der Waals surface area contributed by atoms with Crippen LogP contribution in [0.2, 0.25) is 0 Å². The van der Waals surface area contributed by atoms with E-state index >= 15 is 0 Å². The van der Waals surface area contributed by atoms with Crippen LogP contribution in [-0.2, 0) is 11.3 Å². The predicted molar refractivity (Wildman–Crippen MR) is 101 cm³/mol. The SMILES string of the molecule is C[C@]1(C2CCN(C(=O)c3ccco3)CC2)NC(=O)N(Cc2ccc(F)cc2)C1=O. The summed E-state index contributed by atoms with van der Waals surface area (Å²) in [7, 11) is 0. The second-order valence-electron chi connectivity index (χ2n) is 7.69. The molecule has 3 heterocycles. The van der Waals surface area contributed by atoms with Crippen LogP contribution in [0.4, 0.5) is 9.18 Å². The van der Waals surface area contributed by atoms with E-state index in [0.29, 0.717) is 37.3 Å². The number of furan rings is 1. The average Bonchev–Trinajstić information content (AvgIpc) is 3.33. The Morgan fingerprint density at radius 2 is 1.90 bits per heavy atom. The van der Waals surface area contributed by atoms with E-state index in [1.807, 2.05) is 0 Å². The number of likely N-dealkylation sites (tertiary alicyclic amines) is 1. The van der Waals surface area contributed by atoms with Gasteiger partial charge in [-0.25, -0.2) is 9.18 Å². The summed E-state index contributed by atoms with van der Waals surface area (Å²) in [6.45, 7) is 2.81. The van der Waals surface area contributed by atoms with Gasteiger partial charge < -0.3 is 14.6 Å². The molecule has 2 aliphatic heterocycles. The lowest BCUT2D eigenvalue weighted by molar-refractivity contribution is -0.133. The van der Waals surface area contributed by atoms with Crippen molar-refractivity contribution in [2.75, 3.05) is 13.1 Å². The van der Waals surface area contributed by atoms with E-state index in [2.05, 4.69) is 5.32 Å². The molecule has 7 nitrogen and oxygen atoms in total. The largest absolute Gasteiger partial charge is 0.459 e. The maximum atomic E-state index is 13.1. The predicted octanol–water partition coefficient (Wildman–Crippen LogP) is 2.78. The normalized spacial score (nSPS) is 22.8. The van der Waals surface area contributed by atoms with Crippen LogP contribution in [0, 0.1) is 11.7 Å². The summed E-state index contributed by atoms with van der Waals surface area (Å²) in [6, 6.07) is 8.58. The van der Waals surface area contributed by atoms with Crippen LogP contribution in [0.3, 0.4) is 0 Å². The number of urea groups is 1. The molecular weight excluding hydrogens is 377 g/mol. The summed E-state index contributed by atoms with van der Waals surface area (Å²) >= 11 is 0. The summed E-state index contributed by atoms with van der Waals surface area (Å²) < 4.78 is 18.3. The molecule has 29 heavy (non-hydrogen) atoms. The number of benzene rings is 1. The number of piperidine rings is 1. The molecule has 0 unspecified atom stereocenters. The van der Waals surface area contributed by atoms with Crippen molar-refractivity contribution in [1.82, 2.24) is 15.1 Å². The molecule has 4 rings (SSSR count). The molecule has 0 spiro atoms. The highest BCUT2D eigenvalue weighted by Crippen LogP contribution is 2.34. The van der Waals surface area contributed by atoms with E-state index in [1.54, 1.807) is 36.1 Å². The Balaban J connectivity index is 1.42. The lowest BCUT2D eigenvalue weighted by atomic mass is 9.79. The van der Waals surface area contributed by atoms with Crippen LogP contribution in [-0.4, -0.2) is 46.3 Å². The highest BCUT2D eigenvalue weighted by molar-refractivity contribution is 6.07. The summed E-state index contributed by atoms with van der Waals surface area (Å²) in [5.74, 6) is -0.615. The van der Waals surface area contributed by atoms with Crippen molar-refractivity contribution in [3.05, 3.63) is 59.8 Å². The van der Waals surface area contributed by atoms with Crippen LogP contribution < -0.4 is 5.32 Å². The fraction of sp³-hybridized carbons (Fsp3) is 0.381. The summed E-state index contributed by atoms with van der Waals surface area (Å²) in [6.07, 6.45) is 2.65. The van der Waals surface area contributed by atoms with Gasteiger partial charge in [0.15, 0.2) is 5.76 Å². The maximum Gasteiger partial charge on any atom is 0.325 e. The van der Waals surface area contributed by atoms with Gasteiger partial charge in [0.25, 0.3) is 11.8 Å². The third-order valence-electron chi connectivity index (χ3n) is 5.89. The Hall–Kier alpha value is -3.16. The molecule has 0 saturated carbocycles. The first-order valence-electron chi connectivity index (χ1n) is 9.60. The summed E-state index contributed by atoms with van der Waals surface area (Å²) in [5.41, 5.74) is -0.338. The van der Waals surface area contributed by atoms with E-state index in [1.165, 1.54) is 23.3 Å². The molecule has 0 bridgehead atoms. The van der Waals surface area contributed by atoms with E-state index in [9.17, 15) is 18.8 Å². The number of halogens is 1. The topological polar surface area (TPSA) is 82.9 Å². The second kappa shape index (κ2) is 7.35. The molecule has 2 fully saturated rings. The van der Waals surface area contributed by atoms with E-state index < -0.39 is 11.6 Å². The Labute approximate surface area is 167 Å². The van der Waals surface area contributed by atoms with Gasteiger partial charge in [0.1, 0.15) is 11.4 Å². The van der Waals surface area contributed by atoms with Crippen LogP contribution in [0.25, 0.3) is 0 Å². The van der Waals surface area contributed by atoms with Crippen molar-refractivity contribution in [3.8, 4) is 0 Å². The van der Waals surface area contributed by atoms with Gasteiger partial charge in [0.2, 0.25) is 0 Å². The number of carbonyl (C=O) groups is 3. The molecule has 152 valence electrons. The number of hydrogen-bond donors (Lipinski definition) is 1. The van der Waals surface area contributed by atoms with Gasteiger partial charge in [-0.3, -0.25) is 14.5 Å². The maximum absolute atomic E-state index is 13.1. The molecule has 2 aromatic rings. The van der Waals surface area contributed by atoms with E-state index in [4.69, 9.17) is 4.42 Å². The molecule has 1 N–H and O–H groups in total. The quantitative estimate of drug-likeness (QED) is 0.802. The molecule has 2 aliphatic rings. The molecule has 0 aliphatic carbocycles. The summed E-state index contributed by atoms with van der Waals surface area (Å²) in [5, 5.41) is 2.84. The molecule has 1 aromatic carbocycles. The van der Waals surface area contributed by atoms with Crippen molar-refractivity contribution < 1.29 is 23.2 Å². The molecule has 0 radical (unpaired) electrons. The highest BCUT2D eigenvalue weighted by Gasteiger charge is 2.52. The number of nitrogens with one attached hydrogen (secondary N) is 1. The Kier molecular flexibility index (Phi) is 4.86. The Morgan fingerprint density at radius 1 is 1.21 bits per heavy atom. The third-order valence-corrected chi connectivity index (χ3v) is 5.89. The third kappa shape index (κ3) is 3.50. The van der Waals surface area contributed by atoms with Gasteiger partial charge in [0.05, 0.1) is 12.8 Å². The molecule has 1 atom stereocenters. The first kappa shape index (κ1) is 19.2. The monoisotopic (exact) mass is 399 g/mol. The fourth-order valence-corrected chi connectivity index (χ4v) is 4.12. The number of rotatable bonds is 4. The number of amides is 4. The van der Waals surface area contributed by atoms with Gasteiger partial charge in [0, 0.05) is 13.1 Å². The van der Waals surface area contributed by atoms with Crippen molar-refractivity contribution in [2.45, 2.75) is 31.8 Å². The minimum atomic E-state index is -1.02. The van der Waals surface area contributed by atoms with E-state index in [-0.39, 0.29) is 30.1 Å². The van der Waals surface area contributed by atoms with Crippen molar-refractivity contribution >= 4 is 17.8 Å². The van der Waals surface area contributed by atoms with Crippen LogP contribution in [0.1, 0.15) is 35.9 Å². The van der Waals surface area contributed by atoms with Gasteiger partial charge in [-0.15, -0.1) is 0 Å². The van der Waals surface area contributed by atoms with Crippen LogP contribution >= 0.6 is 0 Å². The average molecular weight is 399 g/mol. The number of imide groups is 1. The highest BCUT2D eigenvalue weighted by atomic mass is 19.1. The zero-order valence-corrected chi connectivity index (χ0v) is 16.1. The smallest absolute Gasteiger partial charge is 0.325 e. The second-order valence-corrected chi connectivity index (χ2v) is 7.69. The molecule has 1 aromatic heterocycles. The first-order chi connectivity index (χ1) is 13.9. The van der Waals surface area contributed by atoms with Gasteiger partial charge in [-0.1, -0.05) is 12.1 Å². The lowest BCUT2D eigenvalue weighted by Crippen LogP contribution is -2.54. The summed E-state index contributed by atoms with van der Waals surface area (Å²) in [4.78, 5) is 40.9. The first-order valence-corrected chi connectivity index (χ1v) is 9.60. The number of carbonyl (C=O) groups excluding carboxylic acids is 3. The van der Waals surface area contributed by atoms with Crippen LogP contribution in [0.5, 0.6) is 0 Å².